The van der Waals surface area contributed by atoms with E-state index in [0.717, 1.165) is 0 Å². The summed E-state index contributed by atoms with van der Waals surface area (Å²) in [5.74, 6) is 0. The van der Waals surface area contributed by atoms with E-state index in [-0.39, 0.29) is 0 Å². The van der Waals surface area contributed by atoms with Crippen LogP contribution in [0.15, 0.2) is 31.7 Å². The average molecular weight is 296 g/mol. The van der Waals surface area contributed by atoms with E-state index in [9.17, 15) is 12.6 Å². The molecule has 0 aliphatic rings. The van der Waals surface area contributed by atoms with Crippen LogP contribution in [-0.2, 0) is 32.4 Å². The van der Waals surface area contributed by atoms with Gasteiger partial charge in [0.05, 0.1) is 47.1 Å². The van der Waals surface area contributed by atoms with Crippen molar-refractivity contribution in [3.8, 4) is 0 Å². The van der Waals surface area contributed by atoms with Crippen LogP contribution in [0.5, 0.6) is 0 Å². The van der Waals surface area contributed by atoms with Gasteiger partial charge in [-0.15, -0.1) is 12.6 Å². The van der Waals surface area contributed by atoms with Gasteiger partial charge in [0, 0.05) is 23.7 Å². The van der Waals surface area contributed by atoms with Gasteiger partial charge < -0.3 is 0 Å². The summed E-state index contributed by atoms with van der Waals surface area (Å²) in [6.45, 7) is 0. The van der Waals surface area contributed by atoms with Gasteiger partial charge in [-0.3, -0.25) is 12.6 Å². The minimum absolute atomic E-state index is 0.383. The Morgan fingerprint density at radius 3 is 1.75 bits per heavy atom. The van der Waals surface area contributed by atoms with Gasteiger partial charge in [0.1, 0.15) is 0 Å². The Hall–Kier alpha value is 0.0200. The Morgan fingerprint density at radius 2 is 1.38 bits per heavy atom. The van der Waals surface area contributed by atoms with Crippen molar-refractivity contribution in [1.82, 2.24) is 0 Å². The normalized spacial score (nSPS) is 16.8. The molecule has 1 rings (SSSR count). The van der Waals surface area contributed by atoms with Crippen LogP contribution in [0.1, 0.15) is 0 Å². The van der Waals surface area contributed by atoms with Crippen LogP contribution in [0.25, 0.3) is 0 Å². The summed E-state index contributed by atoms with van der Waals surface area (Å²) in [6, 6.07) is 3.25. The molecule has 0 saturated heterocycles. The van der Waals surface area contributed by atoms with Gasteiger partial charge in [-0.25, -0.2) is 0 Å². The first-order valence-corrected chi connectivity index (χ1v) is 9.34. The topological polar surface area (TPSA) is 51.2 Å². The SMILES string of the molecule is CS(=O)c1ccc(S)c(S(C)=O)c1S(C)=O. The summed E-state index contributed by atoms with van der Waals surface area (Å²) in [4.78, 5) is 1.77. The number of thiol groups is 1. The zero-order valence-corrected chi connectivity index (χ0v) is 12.4. The predicted octanol–water partition coefficient (Wildman–Crippen LogP) is 1.19. The molecule has 0 bridgehead atoms. The highest BCUT2D eigenvalue weighted by Crippen LogP contribution is 2.29. The number of benzene rings is 1. The molecular formula is C9H12O3S4. The largest absolute Gasteiger partial charge is 0.255 e. The van der Waals surface area contributed by atoms with E-state index in [2.05, 4.69) is 12.6 Å². The molecule has 0 N–H and O–H groups in total. The fourth-order valence-corrected chi connectivity index (χ4v) is 5.51. The third-order valence-corrected chi connectivity index (χ3v) is 5.68. The molecular weight excluding hydrogens is 284 g/mol. The molecule has 0 radical (unpaired) electrons. The molecule has 16 heavy (non-hydrogen) atoms. The highest BCUT2D eigenvalue weighted by Gasteiger charge is 2.19. The Labute approximate surface area is 108 Å². The summed E-state index contributed by atoms with van der Waals surface area (Å²) in [5, 5.41) is 0. The van der Waals surface area contributed by atoms with Gasteiger partial charge in [-0.1, -0.05) is 0 Å². The first-order valence-electron chi connectivity index (χ1n) is 4.22. The first-order chi connectivity index (χ1) is 7.36. The summed E-state index contributed by atoms with van der Waals surface area (Å²) in [6.07, 6.45) is 4.48. The van der Waals surface area contributed by atoms with E-state index in [1.54, 1.807) is 12.1 Å². The average Bonchev–Trinajstić information content (AvgIpc) is 2.15. The van der Waals surface area contributed by atoms with E-state index in [4.69, 9.17) is 0 Å². The minimum Gasteiger partial charge on any atom is -0.255 e. The zero-order valence-electron chi connectivity index (χ0n) is 9.05. The molecule has 0 aromatic heterocycles. The lowest BCUT2D eigenvalue weighted by atomic mass is 10.3. The third-order valence-electron chi connectivity index (χ3n) is 1.94. The summed E-state index contributed by atoms with van der Waals surface area (Å²) >= 11 is 4.19. The summed E-state index contributed by atoms with van der Waals surface area (Å²) in [7, 11) is -3.90. The molecule has 3 nitrogen and oxygen atoms in total. The smallest absolute Gasteiger partial charge is 0.0718 e. The van der Waals surface area contributed by atoms with Gasteiger partial charge in [-0.05, 0) is 12.1 Å². The van der Waals surface area contributed by atoms with Crippen molar-refractivity contribution >= 4 is 45.0 Å². The molecule has 0 aliphatic carbocycles. The maximum atomic E-state index is 11.7. The van der Waals surface area contributed by atoms with Crippen molar-refractivity contribution in [2.24, 2.45) is 0 Å². The van der Waals surface area contributed by atoms with Crippen LogP contribution >= 0.6 is 12.6 Å². The highest BCUT2D eigenvalue weighted by atomic mass is 32.2. The predicted molar refractivity (Wildman–Crippen MR) is 70.7 cm³/mol. The van der Waals surface area contributed by atoms with Crippen molar-refractivity contribution in [3.63, 3.8) is 0 Å². The van der Waals surface area contributed by atoms with Gasteiger partial charge >= 0.3 is 0 Å². The van der Waals surface area contributed by atoms with Gasteiger partial charge in [0.2, 0.25) is 0 Å². The van der Waals surface area contributed by atoms with Crippen LogP contribution in [0.2, 0.25) is 0 Å². The van der Waals surface area contributed by atoms with Crippen LogP contribution < -0.4 is 0 Å². The third kappa shape index (κ3) is 2.82. The maximum Gasteiger partial charge on any atom is 0.0718 e. The number of hydrogen-bond acceptors (Lipinski definition) is 4. The lowest BCUT2D eigenvalue weighted by Gasteiger charge is -2.11. The molecule has 0 amide bonds. The molecule has 90 valence electrons. The van der Waals surface area contributed by atoms with E-state index < -0.39 is 32.4 Å². The molecule has 7 heteroatoms. The fourth-order valence-electron chi connectivity index (χ4n) is 1.31. The Balaban J connectivity index is 3.70. The van der Waals surface area contributed by atoms with E-state index in [0.29, 0.717) is 19.6 Å². The molecule has 0 aliphatic heterocycles. The highest BCUT2D eigenvalue weighted by molar-refractivity contribution is 7.89. The maximum absolute atomic E-state index is 11.7. The molecule has 0 spiro atoms. The van der Waals surface area contributed by atoms with Crippen LogP contribution in [-0.4, -0.2) is 31.4 Å². The molecule has 0 heterocycles. The second kappa shape index (κ2) is 5.57. The van der Waals surface area contributed by atoms with Gasteiger partial charge in [0.15, 0.2) is 0 Å². The molecule has 0 saturated carbocycles. The molecule has 3 unspecified atom stereocenters. The molecule has 1 aromatic carbocycles. The standard InChI is InChI=1S/C9H12O3S4/c1-14(10)7-5-4-6(13)8(15(2)11)9(7)16(3)12/h4-5,13H,1-3H3. The first kappa shape index (κ1) is 14.1. The van der Waals surface area contributed by atoms with E-state index >= 15 is 0 Å². The number of hydrogen-bond donors (Lipinski definition) is 1. The van der Waals surface area contributed by atoms with Crippen LogP contribution in [0, 0.1) is 0 Å². The van der Waals surface area contributed by atoms with Gasteiger partial charge in [0.25, 0.3) is 0 Å². The van der Waals surface area contributed by atoms with Gasteiger partial charge in [-0.2, -0.15) is 0 Å². The summed E-state index contributed by atoms with van der Waals surface area (Å²) < 4.78 is 34.8. The minimum atomic E-state index is -1.34. The Kier molecular flexibility index (Phi) is 4.90. The second-order valence-corrected chi connectivity index (χ2v) is 7.57. The number of rotatable bonds is 3. The molecule has 3 atom stereocenters. The Morgan fingerprint density at radius 1 is 0.875 bits per heavy atom. The lowest BCUT2D eigenvalue weighted by molar-refractivity contribution is 0.669. The zero-order chi connectivity index (χ0) is 12.5. The lowest BCUT2D eigenvalue weighted by Crippen LogP contribution is -2.05. The van der Waals surface area contributed by atoms with Crippen LogP contribution in [0.4, 0.5) is 0 Å². The van der Waals surface area contributed by atoms with Crippen molar-refractivity contribution in [2.75, 3.05) is 18.8 Å². The second-order valence-electron chi connectivity index (χ2n) is 3.10. The molecule has 0 fully saturated rings. The Bertz CT molecular complexity index is 496. The monoisotopic (exact) mass is 296 g/mol. The van der Waals surface area contributed by atoms with E-state index in [1.807, 2.05) is 0 Å². The van der Waals surface area contributed by atoms with Crippen molar-refractivity contribution < 1.29 is 12.6 Å². The van der Waals surface area contributed by atoms with Crippen molar-refractivity contribution in [1.29, 1.82) is 0 Å². The molecule has 1 aromatic rings. The van der Waals surface area contributed by atoms with Crippen molar-refractivity contribution in [2.45, 2.75) is 19.6 Å². The fraction of sp³-hybridized carbons (Fsp3) is 0.333. The van der Waals surface area contributed by atoms with E-state index in [1.165, 1.54) is 18.8 Å². The van der Waals surface area contributed by atoms with Crippen LogP contribution in [0.3, 0.4) is 0 Å². The van der Waals surface area contributed by atoms with Crippen molar-refractivity contribution in [3.05, 3.63) is 12.1 Å². The summed E-state index contributed by atoms with van der Waals surface area (Å²) in [5.41, 5.74) is 0. The quantitative estimate of drug-likeness (QED) is 0.853.